The Kier molecular flexibility index (Phi) is 4.06. The minimum Gasteiger partial charge on any atom is -0.347 e. The van der Waals surface area contributed by atoms with Crippen LogP contribution in [-0.2, 0) is 9.59 Å². The molecule has 0 bridgehead atoms. The van der Waals surface area contributed by atoms with Gasteiger partial charge in [0.05, 0.1) is 17.7 Å². The Balaban J connectivity index is 1.81. The minimum absolute atomic E-state index is 0.0411. The molecule has 2 aromatic rings. The molecule has 0 aliphatic carbocycles. The van der Waals surface area contributed by atoms with Crippen LogP contribution in [0.2, 0.25) is 0 Å². The van der Waals surface area contributed by atoms with Gasteiger partial charge in [0.15, 0.2) is 0 Å². The first-order valence-electron chi connectivity index (χ1n) is 7.35. The number of nitrogens with zero attached hydrogens (tertiary/aromatic N) is 1. The molecule has 1 aromatic carbocycles. The molecule has 3 rings (SSSR count). The summed E-state index contributed by atoms with van der Waals surface area (Å²) in [5, 5.41) is 5.47. The number of carbonyl (C=O) groups is 2. The number of hydrogen-bond donors (Lipinski definition) is 2. The van der Waals surface area contributed by atoms with E-state index < -0.39 is 11.7 Å². The molecular formula is C17H16FN3O2. The van der Waals surface area contributed by atoms with Crippen molar-refractivity contribution in [3.05, 3.63) is 59.7 Å². The van der Waals surface area contributed by atoms with Crippen molar-refractivity contribution in [2.24, 2.45) is 0 Å². The van der Waals surface area contributed by atoms with E-state index in [1.54, 1.807) is 18.3 Å². The monoisotopic (exact) mass is 313 g/mol. The molecule has 1 aliphatic rings. The molecule has 2 atom stereocenters. The van der Waals surface area contributed by atoms with Crippen LogP contribution in [0.15, 0.2) is 42.6 Å². The number of benzene rings is 1. The van der Waals surface area contributed by atoms with Gasteiger partial charge in [-0.15, -0.1) is 0 Å². The molecule has 6 heteroatoms. The minimum atomic E-state index is -0.634. The predicted octanol–water partition coefficient (Wildman–Crippen LogP) is 2.52. The van der Waals surface area contributed by atoms with Gasteiger partial charge in [-0.05, 0) is 36.8 Å². The highest BCUT2D eigenvalue weighted by Crippen LogP contribution is 2.33. The summed E-state index contributed by atoms with van der Waals surface area (Å²) in [4.78, 5) is 28.5. The Morgan fingerprint density at radius 1 is 1.39 bits per heavy atom. The molecule has 0 spiro atoms. The molecule has 2 amide bonds. The van der Waals surface area contributed by atoms with E-state index in [0.29, 0.717) is 11.3 Å². The van der Waals surface area contributed by atoms with Crippen molar-refractivity contribution in [3.63, 3.8) is 0 Å². The Bertz CT molecular complexity index is 749. The number of amides is 2. The number of anilines is 1. The second-order valence-corrected chi connectivity index (χ2v) is 5.52. The Morgan fingerprint density at radius 2 is 2.22 bits per heavy atom. The second kappa shape index (κ2) is 6.16. The van der Waals surface area contributed by atoms with Gasteiger partial charge in [-0.25, -0.2) is 4.39 Å². The highest BCUT2D eigenvalue weighted by Gasteiger charge is 2.31. The molecule has 0 saturated carbocycles. The molecule has 0 saturated heterocycles. The topological polar surface area (TPSA) is 71.1 Å². The first-order chi connectivity index (χ1) is 11.0. The largest absolute Gasteiger partial charge is 0.347 e. The number of rotatable bonds is 3. The second-order valence-electron chi connectivity index (χ2n) is 5.52. The van der Waals surface area contributed by atoms with Crippen LogP contribution in [-0.4, -0.2) is 16.8 Å². The van der Waals surface area contributed by atoms with E-state index in [1.807, 2.05) is 19.1 Å². The molecule has 1 aromatic heterocycles. The highest BCUT2D eigenvalue weighted by atomic mass is 19.1. The van der Waals surface area contributed by atoms with Crippen LogP contribution < -0.4 is 10.6 Å². The Hall–Kier alpha value is -2.76. The molecule has 23 heavy (non-hydrogen) atoms. The third-order valence-corrected chi connectivity index (χ3v) is 3.86. The lowest BCUT2D eigenvalue weighted by Gasteiger charge is -2.26. The van der Waals surface area contributed by atoms with Gasteiger partial charge < -0.3 is 10.6 Å². The van der Waals surface area contributed by atoms with E-state index in [4.69, 9.17) is 0 Å². The summed E-state index contributed by atoms with van der Waals surface area (Å²) in [7, 11) is 0. The SMILES string of the molecule is C[C@@H](NC(=O)[C@H]1CC(=O)Nc2cc(F)ccc21)c1ccccn1. The summed E-state index contributed by atoms with van der Waals surface area (Å²) >= 11 is 0. The van der Waals surface area contributed by atoms with Crippen molar-refractivity contribution >= 4 is 17.5 Å². The van der Waals surface area contributed by atoms with Crippen molar-refractivity contribution in [3.8, 4) is 0 Å². The van der Waals surface area contributed by atoms with Gasteiger partial charge in [0.1, 0.15) is 5.82 Å². The zero-order valence-electron chi connectivity index (χ0n) is 12.5. The molecule has 1 aliphatic heterocycles. The van der Waals surface area contributed by atoms with Crippen LogP contribution in [0.1, 0.15) is 36.6 Å². The molecular weight excluding hydrogens is 297 g/mol. The van der Waals surface area contributed by atoms with Crippen LogP contribution in [0.4, 0.5) is 10.1 Å². The van der Waals surface area contributed by atoms with Crippen molar-refractivity contribution in [1.29, 1.82) is 0 Å². The summed E-state index contributed by atoms with van der Waals surface area (Å²) in [5.41, 5.74) is 1.71. The maximum atomic E-state index is 13.3. The predicted molar refractivity (Wildman–Crippen MR) is 83.2 cm³/mol. The average Bonchev–Trinajstić information content (AvgIpc) is 2.54. The number of fused-ring (bicyclic) bond motifs is 1. The molecule has 118 valence electrons. The van der Waals surface area contributed by atoms with E-state index in [2.05, 4.69) is 15.6 Å². The summed E-state index contributed by atoms with van der Waals surface area (Å²) in [6.07, 6.45) is 1.70. The summed E-state index contributed by atoms with van der Waals surface area (Å²) in [6.45, 7) is 1.83. The smallest absolute Gasteiger partial charge is 0.228 e. The lowest BCUT2D eigenvalue weighted by molar-refractivity contribution is -0.126. The van der Waals surface area contributed by atoms with Crippen LogP contribution in [0.5, 0.6) is 0 Å². The molecule has 2 heterocycles. The van der Waals surface area contributed by atoms with Crippen molar-refractivity contribution < 1.29 is 14.0 Å². The lowest BCUT2D eigenvalue weighted by Crippen LogP contribution is -2.36. The maximum Gasteiger partial charge on any atom is 0.228 e. The van der Waals surface area contributed by atoms with E-state index >= 15 is 0 Å². The fourth-order valence-corrected chi connectivity index (χ4v) is 2.69. The van der Waals surface area contributed by atoms with Gasteiger partial charge in [0.2, 0.25) is 11.8 Å². The van der Waals surface area contributed by atoms with Crippen LogP contribution in [0.25, 0.3) is 0 Å². The number of aromatic nitrogens is 1. The average molecular weight is 313 g/mol. The Morgan fingerprint density at radius 3 is 2.96 bits per heavy atom. The normalized spacial score (nSPS) is 17.8. The standard InChI is InChI=1S/C17H16FN3O2/c1-10(14-4-2-3-7-19-14)20-17(23)13-9-16(22)21-15-8-11(18)5-6-12(13)15/h2-8,10,13H,9H2,1H3,(H,20,23)(H,21,22)/t10-,13+/m1/s1. The number of halogens is 1. The number of pyridine rings is 1. The Labute approximate surface area is 132 Å². The zero-order chi connectivity index (χ0) is 16.4. The molecule has 5 nitrogen and oxygen atoms in total. The lowest BCUT2D eigenvalue weighted by atomic mass is 9.89. The van der Waals surface area contributed by atoms with E-state index in [9.17, 15) is 14.0 Å². The quantitative estimate of drug-likeness (QED) is 0.914. The van der Waals surface area contributed by atoms with Gasteiger partial charge in [-0.1, -0.05) is 12.1 Å². The van der Waals surface area contributed by atoms with Crippen LogP contribution in [0.3, 0.4) is 0 Å². The molecule has 0 unspecified atom stereocenters. The number of carbonyl (C=O) groups excluding carboxylic acids is 2. The van der Waals surface area contributed by atoms with Crippen molar-refractivity contribution in [2.45, 2.75) is 25.3 Å². The van der Waals surface area contributed by atoms with Crippen LogP contribution in [0, 0.1) is 5.82 Å². The first-order valence-corrected chi connectivity index (χ1v) is 7.35. The molecule has 0 radical (unpaired) electrons. The van der Waals surface area contributed by atoms with Gasteiger partial charge >= 0.3 is 0 Å². The first kappa shape index (κ1) is 15.1. The van der Waals surface area contributed by atoms with Gasteiger partial charge in [-0.3, -0.25) is 14.6 Å². The van der Waals surface area contributed by atoms with Crippen LogP contribution >= 0.6 is 0 Å². The number of nitrogens with one attached hydrogen (secondary N) is 2. The van der Waals surface area contributed by atoms with E-state index in [0.717, 1.165) is 5.69 Å². The summed E-state index contributed by atoms with van der Waals surface area (Å²) in [6, 6.07) is 9.25. The highest BCUT2D eigenvalue weighted by molar-refractivity contribution is 6.01. The van der Waals surface area contributed by atoms with E-state index in [-0.39, 0.29) is 24.3 Å². The fourth-order valence-electron chi connectivity index (χ4n) is 2.69. The van der Waals surface area contributed by atoms with Gasteiger partial charge in [0, 0.05) is 18.3 Å². The summed E-state index contributed by atoms with van der Waals surface area (Å²) < 4.78 is 13.3. The molecule has 0 fully saturated rings. The summed E-state index contributed by atoms with van der Waals surface area (Å²) in [5.74, 6) is -1.66. The third kappa shape index (κ3) is 3.21. The van der Waals surface area contributed by atoms with Gasteiger partial charge in [0.25, 0.3) is 0 Å². The zero-order valence-corrected chi connectivity index (χ0v) is 12.5. The maximum absolute atomic E-state index is 13.3. The third-order valence-electron chi connectivity index (χ3n) is 3.86. The molecule has 2 N–H and O–H groups in total. The van der Waals surface area contributed by atoms with Crippen molar-refractivity contribution in [2.75, 3.05) is 5.32 Å². The fraction of sp³-hybridized carbons (Fsp3) is 0.235. The number of hydrogen-bond acceptors (Lipinski definition) is 3. The van der Waals surface area contributed by atoms with Gasteiger partial charge in [-0.2, -0.15) is 0 Å². The van der Waals surface area contributed by atoms with Crippen molar-refractivity contribution in [1.82, 2.24) is 10.3 Å². The van der Waals surface area contributed by atoms with E-state index in [1.165, 1.54) is 12.1 Å².